The number of pyridine rings is 1. The van der Waals surface area contributed by atoms with Crippen LogP contribution in [0, 0.1) is 5.92 Å². The highest BCUT2D eigenvalue weighted by Gasteiger charge is 2.17. The van der Waals surface area contributed by atoms with Gasteiger partial charge in [0.2, 0.25) is 5.91 Å². The second-order valence-electron chi connectivity index (χ2n) is 4.42. The van der Waals surface area contributed by atoms with Gasteiger partial charge in [-0.2, -0.15) is 0 Å². The van der Waals surface area contributed by atoms with Crippen molar-refractivity contribution in [3.05, 3.63) is 18.3 Å². The standard InChI is InChI=1S/C11H17N3O3S.2ClH/c1-7(2)10(12)11(15)14-8-4-5-9(13-6-8)18(3,16)17;;/h4-7,10H,12H2,1-3H3,(H,14,15);2*1H/t10-;;/m0../s1. The number of nitrogens with zero attached hydrogens (tertiary/aromatic N) is 1. The van der Waals surface area contributed by atoms with E-state index in [1.807, 2.05) is 13.8 Å². The molecule has 6 nitrogen and oxygen atoms in total. The molecular formula is C11H19Cl2N3O3S. The van der Waals surface area contributed by atoms with Crippen LogP contribution in [0.5, 0.6) is 0 Å². The zero-order chi connectivity index (χ0) is 13.9. The van der Waals surface area contributed by atoms with Crippen molar-refractivity contribution < 1.29 is 13.2 Å². The molecule has 1 atom stereocenters. The van der Waals surface area contributed by atoms with E-state index in [1.54, 1.807) is 0 Å². The Balaban J connectivity index is 0. The third-order valence-corrected chi connectivity index (χ3v) is 3.41. The van der Waals surface area contributed by atoms with Crippen molar-refractivity contribution in [1.29, 1.82) is 0 Å². The second-order valence-corrected chi connectivity index (χ2v) is 6.38. The van der Waals surface area contributed by atoms with Crippen molar-refractivity contribution in [3.63, 3.8) is 0 Å². The Kier molecular flexibility index (Phi) is 9.00. The van der Waals surface area contributed by atoms with Gasteiger partial charge in [0.05, 0.1) is 17.9 Å². The minimum absolute atomic E-state index is 0. The fourth-order valence-electron chi connectivity index (χ4n) is 1.20. The number of rotatable bonds is 4. The van der Waals surface area contributed by atoms with Gasteiger partial charge >= 0.3 is 0 Å². The van der Waals surface area contributed by atoms with Crippen molar-refractivity contribution >= 4 is 46.2 Å². The monoisotopic (exact) mass is 343 g/mol. The van der Waals surface area contributed by atoms with Gasteiger partial charge in [-0.3, -0.25) is 4.79 Å². The number of halogens is 2. The van der Waals surface area contributed by atoms with Crippen LogP contribution in [0.3, 0.4) is 0 Å². The Morgan fingerprint density at radius 2 is 1.85 bits per heavy atom. The Morgan fingerprint density at radius 1 is 1.30 bits per heavy atom. The molecule has 20 heavy (non-hydrogen) atoms. The summed E-state index contributed by atoms with van der Waals surface area (Å²) < 4.78 is 22.4. The number of anilines is 1. The lowest BCUT2D eigenvalue weighted by atomic mass is 10.1. The van der Waals surface area contributed by atoms with Crippen molar-refractivity contribution in [2.75, 3.05) is 11.6 Å². The van der Waals surface area contributed by atoms with E-state index in [0.717, 1.165) is 6.26 Å². The summed E-state index contributed by atoms with van der Waals surface area (Å²) in [5, 5.41) is 2.55. The van der Waals surface area contributed by atoms with Crippen molar-refractivity contribution in [1.82, 2.24) is 4.98 Å². The van der Waals surface area contributed by atoms with E-state index in [1.165, 1.54) is 18.3 Å². The van der Waals surface area contributed by atoms with E-state index in [2.05, 4.69) is 10.3 Å². The fraction of sp³-hybridized carbons (Fsp3) is 0.455. The Hall–Kier alpha value is -0.890. The van der Waals surface area contributed by atoms with Gasteiger partial charge in [0.1, 0.15) is 0 Å². The minimum atomic E-state index is -3.33. The maximum absolute atomic E-state index is 11.7. The number of carbonyl (C=O) groups excluding carboxylic acids is 1. The Bertz CT molecular complexity index is 532. The predicted octanol–water partition coefficient (Wildman–Crippen LogP) is 1.25. The zero-order valence-corrected chi connectivity index (χ0v) is 13.8. The van der Waals surface area contributed by atoms with Gasteiger partial charge in [-0.05, 0) is 18.1 Å². The molecule has 3 N–H and O–H groups in total. The summed E-state index contributed by atoms with van der Waals surface area (Å²) in [5.74, 6) is -0.299. The van der Waals surface area contributed by atoms with Crippen molar-refractivity contribution in [2.45, 2.75) is 24.9 Å². The van der Waals surface area contributed by atoms with E-state index in [-0.39, 0.29) is 41.7 Å². The quantitative estimate of drug-likeness (QED) is 0.856. The number of hydrogen-bond acceptors (Lipinski definition) is 5. The first-order valence-corrected chi connectivity index (χ1v) is 7.33. The molecule has 0 fully saturated rings. The molecule has 0 aliphatic carbocycles. The van der Waals surface area contributed by atoms with E-state index >= 15 is 0 Å². The van der Waals surface area contributed by atoms with Gasteiger partial charge in [0, 0.05) is 6.26 Å². The van der Waals surface area contributed by atoms with Gasteiger partial charge in [0.15, 0.2) is 14.9 Å². The second kappa shape index (κ2) is 8.41. The molecule has 1 heterocycles. The summed E-state index contributed by atoms with van der Waals surface area (Å²) >= 11 is 0. The predicted molar refractivity (Wildman–Crippen MR) is 83.3 cm³/mol. The number of hydrogen-bond donors (Lipinski definition) is 2. The van der Waals surface area contributed by atoms with Crippen LogP contribution in [0.4, 0.5) is 5.69 Å². The highest BCUT2D eigenvalue weighted by molar-refractivity contribution is 7.90. The number of aromatic nitrogens is 1. The molecule has 0 radical (unpaired) electrons. The number of nitrogens with one attached hydrogen (secondary N) is 1. The van der Waals surface area contributed by atoms with Crippen LogP contribution in [-0.2, 0) is 14.6 Å². The van der Waals surface area contributed by atoms with Crippen LogP contribution in [0.25, 0.3) is 0 Å². The van der Waals surface area contributed by atoms with E-state index in [0.29, 0.717) is 5.69 Å². The summed E-state index contributed by atoms with van der Waals surface area (Å²) in [6.45, 7) is 3.69. The number of amides is 1. The first-order valence-electron chi connectivity index (χ1n) is 5.44. The lowest BCUT2D eigenvalue weighted by Crippen LogP contribution is -2.39. The molecule has 1 amide bonds. The molecule has 0 saturated carbocycles. The highest BCUT2D eigenvalue weighted by atomic mass is 35.5. The lowest BCUT2D eigenvalue weighted by molar-refractivity contribution is -0.118. The van der Waals surface area contributed by atoms with Crippen molar-refractivity contribution in [2.24, 2.45) is 11.7 Å². The average molecular weight is 344 g/mol. The number of carbonyl (C=O) groups is 1. The molecular weight excluding hydrogens is 325 g/mol. The van der Waals surface area contributed by atoms with Crippen LogP contribution in [0.15, 0.2) is 23.4 Å². The molecule has 1 aromatic rings. The summed E-state index contributed by atoms with van der Waals surface area (Å²) in [4.78, 5) is 15.4. The van der Waals surface area contributed by atoms with Crippen molar-refractivity contribution in [3.8, 4) is 0 Å². The minimum Gasteiger partial charge on any atom is -0.323 e. The van der Waals surface area contributed by atoms with Crippen LogP contribution in [-0.4, -0.2) is 31.6 Å². The average Bonchev–Trinajstić information content (AvgIpc) is 2.27. The molecule has 1 aromatic heterocycles. The third-order valence-electron chi connectivity index (χ3n) is 2.40. The van der Waals surface area contributed by atoms with Crippen LogP contribution in [0.1, 0.15) is 13.8 Å². The number of nitrogens with two attached hydrogens (primary N) is 1. The molecule has 0 aliphatic rings. The van der Waals surface area contributed by atoms with E-state index < -0.39 is 15.9 Å². The first kappa shape index (κ1) is 21.4. The third kappa shape index (κ3) is 6.04. The van der Waals surface area contributed by atoms with Crippen LogP contribution >= 0.6 is 24.8 Å². The molecule has 9 heteroatoms. The summed E-state index contributed by atoms with van der Waals surface area (Å²) in [5.41, 5.74) is 6.10. The van der Waals surface area contributed by atoms with Gasteiger partial charge in [-0.15, -0.1) is 24.8 Å². The highest BCUT2D eigenvalue weighted by Crippen LogP contribution is 2.11. The summed E-state index contributed by atoms with van der Waals surface area (Å²) in [7, 11) is -3.33. The largest absolute Gasteiger partial charge is 0.323 e. The van der Waals surface area contributed by atoms with E-state index in [9.17, 15) is 13.2 Å². The van der Waals surface area contributed by atoms with Gasteiger partial charge < -0.3 is 11.1 Å². The maximum Gasteiger partial charge on any atom is 0.241 e. The fourth-order valence-corrected chi connectivity index (χ4v) is 1.76. The molecule has 0 aliphatic heterocycles. The molecule has 0 saturated heterocycles. The Morgan fingerprint density at radius 3 is 2.20 bits per heavy atom. The lowest BCUT2D eigenvalue weighted by Gasteiger charge is -2.15. The molecule has 0 aromatic carbocycles. The van der Waals surface area contributed by atoms with E-state index in [4.69, 9.17) is 5.73 Å². The summed E-state index contributed by atoms with van der Waals surface area (Å²) in [6.07, 6.45) is 2.36. The Labute approximate surface area is 131 Å². The molecule has 0 bridgehead atoms. The first-order chi connectivity index (χ1) is 8.21. The summed E-state index contributed by atoms with van der Waals surface area (Å²) in [6, 6.07) is 2.21. The van der Waals surface area contributed by atoms with Gasteiger partial charge in [-0.25, -0.2) is 13.4 Å². The van der Waals surface area contributed by atoms with Crippen LogP contribution < -0.4 is 11.1 Å². The maximum atomic E-state index is 11.7. The molecule has 0 unspecified atom stereocenters. The molecule has 116 valence electrons. The van der Waals surface area contributed by atoms with Gasteiger partial charge in [0.25, 0.3) is 0 Å². The van der Waals surface area contributed by atoms with Gasteiger partial charge in [-0.1, -0.05) is 13.8 Å². The van der Waals surface area contributed by atoms with Crippen LogP contribution in [0.2, 0.25) is 0 Å². The molecule has 1 rings (SSSR count). The zero-order valence-electron chi connectivity index (χ0n) is 11.4. The number of sulfone groups is 1. The smallest absolute Gasteiger partial charge is 0.241 e. The SMILES string of the molecule is CC(C)[C@H](N)C(=O)Nc1ccc(S(C)(=O)=O)nc1.Cl.Cl. The molecule has 0 spiro atoms. The normalized spacial score (nSPS) is 12.1. The topological polar surface area (TPSA) is 102 Å².